The fraction of sp³-hybridized carbons (Fsp3) is 0.400. The Morgan fingerprint density at radius 1 is 1.47 bits per heavy atom. The molecule has 4 heteroatoms. The first kappa shape index (κ1) is 14.7. The zero-order valence-electron chi connectivity index (χ0n) is 11.4. The van der Waals surface area contributed by atoms with E-state index in [0.717, 1.165) is 20.8 Å². The fourth-order valence-electron chi connectivity index (χ4n) is 2.21. The van der Waals surface area contributed by atoms with Crippen molar-refractivity contribution >= 4 is 33.6 Å². The van der Waals surface area contributed by atoms with Crippen molar-refractivity contribution in [1.82, 2.24) is 4.90 Å². The predicted molar refractivity (Wildman–Crippen MR) is 85.2 cm³/mol. The predicted octanol–water partition coefficient (Wildman–Crippen LogP) is 4.52. The van der Waals surface area contributed by atoms with E-state index in [4.69, 9.17) is 0 Å². The first-order valence-electron chi connectivity index (χ1n) is 6.43. The standard InChI is InChI=1S/C15H18BrNOS/c1-4-14-17(13(9-19-14)10(2)3)15(18)11-7-5-6-8-12(11)16/h4-8,10,13H,9H2,1-3H3/b14-4-/t13-/m1/s1. The van der Waals surface area contributed by atoms with E-state index in [-0.39, 0.29) is 11.9 Å². The molecule has 0 unspecified atom stereocenters. The fourth-order valence-corrected chi connectivity index (χ4v) is 4.06. The summed E-state index contributed by atoms with van der Waals surface area (Å²) in [5, 5.41) is 1.07. The lowest BCUT2D eigenvalue weighted by Gasteiger charge is -2.28. The number of hydrogen-bond acceptors (Lipinski definition) is 2. The van der Waals surface area contributed by atoms with Crippen LogP contribution in [0.25, 0.3) is 0 Å². The first-order valence-corrected chi connectivity index (χ1v) is 8.21. The minimum atomic E-state index is 0.0873. The molecular weight excluding hydrogens is 322 g/mol. The van der Waals surface area contributed by atoms with Gasteiger partial charge < -0.3 is 0 Å². The Labute approximate surface area is 127 Å². The Balaban J connectivity index is 2.37. The molecule has 0 aliphatic carbocycles. The summed E-state index contributed by atoms with van der Waals surface area (Å²) < 4.78 is 0.856. The molecule has 1 amide bonds. The Hall–Kier alpha value is -0.740. The average molecular weight is 340 g/mol. The van der Waals surface area contributed by atoms with Crippen LogP contribution >= 0.6 is 27.7 Å². The molecule has 1 fully saturated rings. The molecule has 0 saturated carbocycles. The van der Waals surface area contributed by atoms with Gasteiger partial charge in [-0.25, -0.2) is 0 Å². The van der Waals surface area contributed by atoms with Gasteiger partial charge in [0.2, 0.25) is 0 Å². The maximum Gasteiger partial charge on any atom is 0.260 e. The summed E-state index contributed by atoms with van der Waals surface area (Å²) in [6, 6.07) is 7.89. The molecule has 1 aliphatic heterocycles. The van der Waals surface area contributed by atoms with Gasteiger partial charge in [-0.3, -0.25) is 9.69 Å². The number of halogens is 1. The summed E-state index contributed by atoms with van der Waals surface area (Å²) in [5.41, 5.74) is 0.731. The van der Waals surface area contributed by atoms with Gasteiger partial charge in [-0.05, 0) is 40.9 Å². The van der Waals surface area contributed by atoms with Gasteiger partial charge in [-0.1, -0.05) is 32.1 Å². The van der Waals surface area contributed by atoms with Gasteiger partial charge in [0.25, 0.3) is 5.91 Å². The van der Waals surface area contributed by atoms with Crippen LogP contribution in [0.5, 0.6) is 0 Å². The molecule has 1 heterocycles. The topological polar surface area (TPSA) is 20.3 Å². The van der Waals surface area contributed by atoms with Gasteiger partial charge in [0, 0.05) is 16.3 Å². The first-order chi connectivity index (χ1) is 9.06. The second kappa shape index (κ2) is 6.14. The van der Waals surface area contributed by atoms with Crippen molar-refractivity contribution in [3.05, 3.63) is 45.4 Å². The lowest BCUT2D eigenvalue weighted by atomic mass is 10.0. The Bertz CT molecular complexity index is 513. The number of hydrogen-bond donors (Lipinski definition) is 0. The van der Waals surface area contributed by atoms with Crippen LogP contribution in [0.15, 0.2) is 39.8 Å². The van der Waals surface area contributed by atoms with Gasteiger partial charge in [0.1, 0.15) is 0 Å². The van der Waals surface area contributed by atoms with Gasteiger partial charge in [-0.2, -0.15) is 0 Å². The van der Waals surface area contributed by atoms with Gasteiger partial charge >= 0.3 is 0 Å². The van der Waals surface area contributed by atoms with E-state index in [9.17, 15) is 4.79 Å². The van der Waals surface area contributed by atoms with Crippen molar-refractivity contribution in [3.8, 4) is 0 Å². The van der Waals surface area contributed by atoms with Crippen LogP contribution < -0.4 is 0 Å². The maximum absolute atomic E-state index is 12.8. The number of allylic oxidation sites excluding steroid dienone is 1. The van der Waals surface area contributed by atoms with Crippen molar-refractivity contribution in [2.75, 3.05) is 5.75 Å². The van der Waals surface area contributed by atoms with Crippen molar-refractivity contribution < 1.29 is 4.79 Å². The lowest BCUT2D eigenvalue weighted by Crippen LogP contribution is -2.39. The van der Waals surface area contributed by atoms with Crippen LogP contribution in [0.2, 0.25) is 0 Å². The average Bonchev–Trinajstić information content (AvgIpc) is 2.82. The largest absolute Gasteiger partial charge is 0.299 e. The number of rotatable bonds is 2. The molecule has 0 aromatic heterocycles. The summed E-state index contributed by atoms with van der Waals surface area (Å²) in [6.07, 6.45) is 2.03. The molecule has 1 aliphatic rings. The molecule has 1 aromatic carbocycles. The number of carbonyl (C=O) groups is 1. The molecule has 2 nitrogen and oxygen atoms in total. The summed E-state index contributed by atoms with van der Waals surface area (Å²) in [7, 11) is 0. The highest BCUT2D eigenvalue weighted by molar-refractivity contribution is 9.10. The quantitative estimate of drug-likeness (QED) is 0.789. The monoisotopic (exact) mass is 339 g/mol. The SMILES string of the molecule is C/C=C1\SC[C@H](C(C)C)N1C(=O)c1ccccc1Br. The van der Waals surface area contributed by atoms with E-state index < -0.39 is 0 Å². The highest BCUT2D eigenvalue weighted by Crippen LogP contribution is 2.37. The molecule has 1 atom stereocenters. The Kier molecular flexibility index (Phi) is 4.74. The molecule has 2 rings (SSSR count). The van der Waals surface area contributed by atoms with E-state index >= 15 is 0 Å². The maximum atomic E-state index is 12.8. The molecule has 0 radical (unpaired) electrons. The zero-order chi connectivity index (χ0) is 14.0. The summed E-state index contributed by atoms with van der Waals surface area (Å²) in [6.45, 7) is 6.33. The normalized spacial score (nSPS) is 21.4. The van der Waals surface area contributed by atoms with Crippen LogP contribution in [0.4, 0.5) is 0 Å². The third kappa shape index (κ3) is 2.90. The van der Waals surface area contributed by atoms with Crippen molar-refractivity contribution in [2.45, 2.75) is 26.8 Å². The second-order valence-electron chi connectivity index (χ2n) is 4.90. The molecule has 19 heavy (non-hydrogen) atoms. The number of carbonyl (C=O) groups excluding carboxylic acids is 1. The summed E-state index contributed by atoms with van der Waals surface area (Å²) >= 11 is 5.24. The molecule has 0 bridgehead atoms. The van der Waals surface area contributed by atoms with Crippen LogP contribution in [0.3, 0.4) is 0 Å². The van der Waals surface area contributed by atoms with Crippen LogP contribution in [0.1, 0.15) is 31.1 Å². The number of nitrogens with zero attached hydrogens (tertiary/aromatic N) is 1. The number of benzene rings is 1. The lowest BCUT2D eigenvalue weighted by molar-refractivity contribution is 0.0753. The zero-order valence-corrected chi connectivity index (χ0v) is 13.8. The van der Waals surface area contributed by atoms with Crippen LogP contribution in [-0.2, 0) is 0 Å². The number of amides is 1. The smallest absolute Gasteiger partial charge is 0.260 e. The van der Waals surface area contributed by atoms with Gasteiger partial charge in [-0.15, -0.1) is 11.8 Å². The van der Waals surface area contributed by atoms with Crippen molar-refractivity contribution in [3.63, 3.8) is 0 Å². The molecule has 0 spiro atoms. The van der Waals surface area contributed by atoms with E-state index in [1.54, 1.807) is 11.8 Å². The summed E-state index contributed by atoms with van der Waals surface area (Å²) in [4.78, 5) is 14.7. The highest BCUT2D eigenvalue weighted by Gasteiger charge is 2.36. The van der Waals surface area contributed by atoms with Crippen molar-refractivity contribution in [2.24, 2.45) is 5.92 Å². The van der Waals surface area contributed by atoms with E-state index in [2.05, 4.69) is 29.8 Å². The molecule has 1 saturated heterocycles. The number of thioether (sulfide) groups is 1. The molecule has 1 aromatic rings. The van der Waals surface area contributed by atoms with Crippen molar-refractivity contribution in [1.29, 1.82) is 0 Å². The van der Waals surface area contributed by atoms with Gasteiger partial charge in [0.05, 0.1) is 10.6 Å². The third-order valence-corrected chi connectivity index (χ3v) is 5.24. The van der Waals surface area contributed by atoms with Crippen LogP contribution in [-0.4, -0.2) is 22.6 Å². The molecular formula is C15H18BrNOS. The Morgan fingerprint density at radius 2 is 2.16 bits per heavy atom. The van der Waals surface area contributed by atoms with E-state index in [1.165, 1.54) is 0 Å². The van der Waals surface area contributed by atoms with Crippen LogP contribution in [0, 0.1) is 5.92 Å². The molecule has 0 N–H and O–H groups in total. The summed E-state index contributed by atoms with van der Waals surface area (Å²) in [5.74, 6) is 1.52. The minimum Gasteiger partial charge on any atom is -0.299 e. The van der Waals surface area contributed by atoms with Gasteiger partial charge in [0.15, 0.2) is 0 Å². The third-order valence-electron chi connectivity index (χ3n) is 3.31. The minimum absolute atomic E-state index is 0.0873. The second-order valence-corrected chi connectivity index (χ2v) is 6.80. The Morgan fingerprint density at radius 3 is 2.74 bits per heavy atom. The van der Waals surface area contributed by atoms with E-state index in [0.29, 0.717) is 5.92 Å². The highest BCUT2D eigenvalue weighted by atomic mass is 79.9. The van der Waals surface area contributed by atoms with E-state index in [1.807, 2.05) is 42.2 Å². The molecule has 102 valence electrons.